The number of nitrogens with two attached hydrogens (primary N) is 1. The van der Waals surface area contributed by atoms with Gasteiger partial charge in [-0.3, -0.25) is 4.79 Å². The number of nitrogens with zero attached hydrogens (tertiary/aromatic N) is 1. The number of halogens is 1. The molecule has 0 amide bonds. The van der Waals surface area contributed by atoms with Gasteiger partial charge in [0.25, 0.3) is 0 Å². The summed E-state index contributed by atoms with van der Waals surface area (Å²) in [5, 5.41) is 0.644. The maximum absolute atomic E-state index is 11.7. The number of ether oxygens (including phenoxy) is 1. The minimum Gasteiger partial charge on any atom is -0.460 e. The first kappa shape index (κ1) is 13.6. The number of nitrogens with one attached hydrogen (secondary N) is 1. The van der Waals surface area contributed by atoms with E-state index in [9.17, 15) is 4.79 Å². The van der Waals surface area contributed by atoms with E-state index in [0.717, 1.165) is 11.3 Å². The highest BCUT2D eigenvalue weighted by atomic mass is 35.5. The summed E-state index contributed by atoms with van der Waals surface area (Å²) in [7, 11) is 0. The first-order chi connectivity index (χ1) is 9.15. The number of benzene rings is 1. The minimum absolute atomic E-state index is 0.187. The van der Waals surface area contributed by atoms with E-state index < -0.39 is 12.0 Å². The zero-order valence-corrected chi connectivity index (χ0v) is 10.9. The second-order valence-corrected chi connectivity index (χ2v) is 4.56. The molecule has 1 aromatic heterocycles. The number of carbonyl (C=O) groups is 1. The Morgan fingerprint density at radius 1 is 1.42 bits per heavy atom. The predicted molar refractivity (Wildman–Crippen MR) is 71.5 cm³/mol. The molecule has 3 N–H and O–H groups in total. The second kappa shape index (κ2) is 6.36. The van der Waals surface area contributed by atoms with Crippen LogP contribution in [0.1, 0.15) is 11.3 Å². The fraction of sp³-hybridized carbons (Fsp3) is 0.231. The number of aromatic amines is 1. The van der Waals surface area contributed by atoms with Gasteiger partial charge in [0.2, 0.25) is 0 Å². The Balaban J connectivity index is 1.82. The molecule has 0 radical (unpaired) electrons. The molecule has 0 fully saturated rings. The Morgan fingerprint density at radius 2 is 2.16 bits per heavy atom. The van der Waals surface area contributed by atoms with Crippen molar-refractivity contribution >= 4 is 17.6 Å². The molecule has 0 aliphatic carbocycles. The van der Waals surface area contributed by atoms with E-state index in [2.05, 4.69) is 9.97 Å². The molecule has 100 valence electrons. The number of esters is 1. The van der Waals surface area contributed by atoms with E-state index in [0.29, 0.717) is 11.4 Å². The van der Waals surface area contributed by atoms with Gasteiger partial charge in [0.05, 0.1) is 6.33 Å². The molecule has 1 aromatic carbocycles. The maximum Gasteiger partial charge on any atom is 0.323 e. The number of hydrogen-bond donors (Lipinski definition) is 2. The normalized spacial score (nSPS) is 12.1. The number of carbonyl (C=O) groups excluding carboxylic acids is 1. The lowest BCUT2D eigenvalue weighted by molar-refractivity contribution is -0.146. The molecule has 5 nitrogen and oxygen atoms in total. The Hall–Kier alpha value is -1.85. The molecule has 6 heteroatoms. The molecule has 0 saturated carbocycles. The van der Waals surface area contributed by atoms with E-state index in [-0.39, 0.29) is 6.61 Å². The van der Waals surface area contributed by atoms with Crippen LogP contribution in [-0.2, 0) is 22.6 Å². The largest absolute Gasteiger partial charge is 0.460 e. The van der Waals surface area contributed by atoms with Crippen molar-refractivity contribution in [3.05, 3.63) is 53.1 Å². The van der Waals surface area contributed by atoms with Gasteiger partial charge in [-0.05, 0) is 17.7 Å². The Kier molecular flexibility index (Phi) is 4.54. The molecule has 1 atom stereocenters. The van der Waals surface area contributed by atoms with Crippen LogP contribution in [0, 0.1) is 0 Å². The highest BCUT2D eigenvalue weighted by molar-refractivity contribution is 6.30. The molecule has 0 bridgehead atoms. The van der Waals surface area contributed by atoms with Gasteiger partial charge >= 0.3 is 5.97 Å². The third kappa shape index (κ3) is 4.08. The number of hydrogen-bond acceptors (Lipinski definition) is 4. The van der Waals surface area contributed by atoms with Crippen molar-refractivity contribution in [3.8, 4) is 0 Å². The smallest absolute Gasteiger partial charge is 0.323 e. The first-order valence-corrected chi connectivity index (χ1v) is 6.17. The summed E-state index contributed by atoms with van der Waals surface area (Å²) >= 11 is 5.77. The van der Waals surface area contributed by atoms with Gasteiger partial charge in [0.1, 0.15) is 12.6 Å². The Bertz CT molecular complexity index is 525. The molecule has 0 aliphatic heterocycles. The zero-order valence-electron chi connectivity index (χ0n) is 10.2. The monoisotopic (exact) mass is 279 g/mol. The summed E-state index contributed by atoms with van der Waals surface area (Å²) in [6.45, 7) is 0.187. The van der Waals surface area contributed by atoms with E-state index in [1.807, 2.05) is 0 Å². The number of H-pyrrole nitrogens is 1. The van der Waals surface area contributed by atoms with Crippen LogP contribution in [0.15, 0.2) is 36.8 Å². The molecule has 0 saturated heterocycles. The van der Waals surface area contributed by atoms with Crippen molar-refractivity contribution in [2.75, 3.05) is 0 Å². The van der Waals surface area contributed by atoms with Crippen LogP contribution in [0.25, 0.3) is 0 Å². The molecule has 1 heterocycles. The molecule has 19 heavy (non-hydrogen) atoms. The van der Waals surface area contributed by atoms with Crippen molar-refractivity contribution in [3.63, 3.8) is 0 Å². The predicted octanol–water partition coefficient (Wildman–Crippen LogP) is 1.68. The molecule has 2 aromatic rings. The third-order valence-corrected chi connectivity index (χ3v) is 2.84. The zero-order chi connectivity index (χ0) is 13.7. The van der Waals surface area contributed by atoms with E-state index >= 15 is 0 Å². The van der Waals surface area contributed by atoms with Crippen molar-refractivity contribution in [2.45, 2.75) is 19.1 Å². The van der Waals surface area contributed by atoms with E-state index in [1.54, 1.807) is 36.8 Å². The summed E-state index contributed by atoms with van der Waals surface area (Å²) in [5.41, 5.74) is 7.42. The van der Waals surface area contributed by atoms with Crippen molar-refractivity contribution in [1.29, 1.82) is 0 Å². The number of imidazole rings is 1. The fourth-order valence-corrected chi connectivity index (χ4v) is 1.68. The van der Waals surface area contributed by atoms with Crippen LogP contribution in [-0.4, -0.2) is 22.0 Å². The lowest BCUT2D eigenvalue weighted by atomic mass is 10.2. The average Bonchev–Trinajstić information content (AvgIpc) is 2.90. The lowest BCUT2D eigenvalue weighted by Crippen LogP contribution is -2.34. The standard InChI is InChI=1S/C13H14ClN3O2/c14-10-3-1-9(2-4-10)7-19-13(18)12(15)5-11-6-16-8-17-11/h1-4,6,8,12H,5,7,15H2,(H,16,17)/t12-/m0/s1. The van der Waals surface area contributed by atoms with Gasteiger partial charge in [-0.15, -0.1) is 0 Å². The van der Waals surface area contributed by atoms with Crippen LogP contribution in [0.3, 0.4) is 0 Å². The highest BCUT2D eigenvalue weighted by Crippen LogP contribution is 2.10. The lowest BCUT2D eigenvalue weighted by Gasteiger charge is -2.10. The quantitative estimate of drug-likeness (QED) is 0.816. The van der Waals surface area contributed by atoms with E-state index in [1.165, 1.54) is 0 Å². The molecule has 0 aliphatic rings. The highest BCUT2D eigenvalue weighted by Gasteiger charge is 2.16. The minimum atomic E-state index is -0.701. The topological polar surface area (TPSA) is 81.0 Å². The number of aromatic nitrogens is 2. The third-order valence-electron chi connectivity index (χ3n) is 2.59. The molecule has 0 spiro atoms. The number of rotatable bonds is 5. The maximum atomic E-state index is 11.7. The summed E-state index contributed by atoms with van der Waals surface area (Å²) in [6.07, 6.45) is 3.55. The van der Waals surface area contributed by atoms with E-state index in [4.69, 9.17) is 22.1 Å². The molecular formula is C13H14ClN3O2. The summed E-state index contributed by atoms with van der Waals surface area (Å²) in [5.74, 6) is -0.440. The van der Waals surface area contributed by atoms with Gasteiger partial charge in [-0.2, -0.15) is 0 Å². The van der Waals surface area contributed by atoms with Crippen LogP contribution >= 0.6 is 11.6 Å². The Morgan fingerprint density at radius 3 is 2.79 bits per heavy atom. The van der Waals surface area contributed by atoms with Gasteiger partial charge in [0, 0.05) is 23.3 Å². The SMILES string of the molecule is N[C@@H](Cc1cnc[nH]1)C(=O)OCc1ccc(Cl)cc1. The van der Waals surface area contributed by atoms with Crippen LogP contribution in [0.4, 0.5) is 0 Å². The van der Waals surface area contributed by atoms with Crippen LogP contribution in [0.2, 0.25) is 5.02 Å². The van der Waals surface area contributed by atoms with Gasteiger partial charge < -0.3 is 15.5 Å². The first-order valence-electron chi connectivity index (χ1n) is 5.79. The van der Waals surface area contributed by atoms with Crippen molar-refractivity contribution in [1.82, 2.24) is 9.97 Å². The molecule has 0 unspecified atom stereocenters. The van der Waals surface area contributed by atoms with Crippen LogP contribution in [0.5, 0.6) is 0 Å². The van der Waals surface area contributed by atoms with Gasteiger partial charge in [-0.25, -0.2) is 4.98 Å². The Labute approximate surface area is 115 Å². The second-order valence-electron chi connectivity index (χ2n) is 4.12. The van der Waals surface area contributed by atoms with Crippen LogP contribution < -0.4 is 5.73 Å². The van der Waals surface area contributed by atoms with Gasteiger partial charge in [0.15, 0.2) is 0 Å². The van der Waals surface area contributed by atoms with Crippen molar-refractivity contribution < 1.29 is 9.53 Å². The van der Waals surface area contributed by atoms with Gasteiger partial charge in [-0.1, -0.05) is 23.7 Å². The fourth-order valence-electron chi connectivity index (χ4n) is 1.56. The summed E-state index contributed by atoms with van der Waals surface area (Å²) in [4.78, 5) is 18.5. The summed E-state index contributed by atoms with van der Waals surface area (Å²) in [6, 6.07) is 6.39. The summed E-state index contributed by atoms with van der Waals surface area (Å²) < 4.78 is 5.14. The molecule has 2 rings (SSSR count). The average molecular weight is 280 g/mol. The molecular weight excluding hydrogens is 266 g/mol. The van der Waals surface area contributed by atoms with Crippen molar-refractivity contribution in [2.24, 2.45) is 5.73 Å².